The number of benzene rings is 2. The molecule has 3 rings (SSSR count). The molecule has 7 nitrogen and oxygen atoms in total. The zero-order valence-corrected chi connectivity index (χ0v) is 19.5. The molecule has 0 saturated heterocycles. The molecule has 7 heteroatoms. The first kappa shape index (κ1) is 23.9. The largest absolute Gasteiger partial charge is 0.497 e. The number of ether oxygens (including phenoxy) is 3. The van der Waals surface area contributed by atoms with E-state index < -0.39 is 0 Å². The van der Waals surface area contributed by atoms with Crippen LogP contribution >= 0.6 is 0 Å². The molecule has 2 aromatic carbocycles. The van der Waals surface area contributed by atoms with Gasteiger partial charge < -0.3 is 24.1 Å². The van der Waals surface area contributed by atoms with Gasteiger partial charge in [0, 0.05) is 18.0 Å². The Kier molecular flexibility index (Phi) is 8.13. The van der Waals surface area contributed by atoms with Crippen molar-refractivity contribution >= 4 is 11.6 Å². The zero-order chi connectivity index (χ0) is 23.8. The van der Waals surface area contributed by atoms with E-state index in [0.29, 0.717) is 18.8 Å². The maximum atomic E-state index is 12.5. The lowest BCUT2D eigenvalue weighted by Crippen LogP contribution is -2.24. The summed E-state index contributed by atoms with van der Waals surface area (Å²) in [5, 5.41) is 2.87. The van der Waals surface area contributed by atoms with E-state index in [-0.39, 0.29) is 29.6 Å². The number of hydrogen-bond donors (Lipinski definition) is 1. The Hall–Kier alpha value is -3.74. The third-order valence-electron chi connectivity index (χ3n) is 5.25. The first-order valence-corrected chi connectivity index (χ1v) is 10.9. The lowest BCUT2D eigenvalue weighted by molar-refractivity contribution is -0.118. The minimum Gasteiger partial charge on any atom is -0.497 e. The van der Waals surface area contributed by atoms with Crippen LogP contribution in [0, 0.1) is 6.92 Å². The van der Waals surface area contributed by atoms with Crippen molar-refractivity contribution in [2.24, 2.45) is 0 Å². The summed E-state index contributed by atoms with van der Waals surface area (Å²) in [5.41, 5.74) is 2.16. The monoisotopic (exact) mass is 450 g/mol. The van der Waals surface area contributed by atoms with Crippen LogP contribution in [0.5, 0.6) is 17.2 Å². The van der Waals surface area contributed by atoms with E-state index in [2.05, 4.69) is 19.2 Å². The molecule has 0 unspecified atom stereocenters. The van der Waals surface area contributed by atoms with Crippen molar-refractivity contribution in [1.29, 1.82) is 0 Å². The summed E-state index contributed by atoms with van der Waals surface area (Å²) in [6, 6.07) is 16.4. The number of nitrogens with one attached hydrogen (secondary N) is 1. The standard InChI is InChI=1S/C26H30N2O5/c1-18(2)22-7-5-6-8-23(22)27-25(30)17-33-26-19(3)28(14-13-24(26)29)15-16-32-21-11-9-20(31-4)10-12-21/h5-14,18H,15-17H2,1-4H3,(H,27,30). The van der Waals surface area contributed by atoms with Gasteiger partial charge in [-0.15, -0.1) is 0 Å². The van der Waals surface area contributed by atoms with Gasteiger partial charge in [-0.2, -0.15) is 0 Å². The molecule has 0 radical (unpaired) electrons. The number of methoxy groups -OCH3 is 1. The minimum absolute atomic E-state index is 0.161. The van der Waals surface area contributed by atoms with Gasteiger partial charge in [-0.1, -0.05) is 32.0 Å². The van der Waals surface area contributed by atoms with Crippen LogP contribution in [0.15, 0.2) is 65.6 Å². The zero-order valence-electron chi connectivity index (χ0n) is 19.5. The smallest absolute Gasteiger partial charge is 0.262 e. The normalized spacial score (nSPS) is 10.7. The number of hydrogen-bond acceptors (Lipinski definition) is 5. The van der Waals surface area contributed by atoms with Crippen molar-refractivity contribution in [3.8, 4) is 17.2 Å². The highest BCUT2D eigenvalue weighted by Gasteiger charge is 2.13. The maximum Gasteiger partial charge on any atom is 0.262 e. The molecule has 3 aromatic rings. The Bertz CT molecular complexity index is 1140. The summed E-state index contributed by atoms with van der Waals surface area (Å²) in [4.78, 5) is 24.8. The van der Waals surface area contributed by atoms with E-state index in [1.54, 1.807) is 20.2 Å². The number of carbonyl (C=O) groups excluding carboxylic acids is 1. The lowest BCUT2D eigenvalue weighted by atomic mass is 10.0. The maximum absolute atomic E-state index is 12.5. The van der Waals surface area contributed by atoms with Gasteiger partial charge in [0.2, 0.25) is 5.43 Å². The number of amides is 1. The number of pyridine rings is 1. The van der Waals surface area contributed by atoms with Gasteiger partial charge >= 0.3 is 0 Å². The number of carbonyl (C=O) groups is 1. The van der Waals surface area contributed by atoms with Crippen LogP contribution < -0.4 is 25.0 Å². The van der Waals surface area contributed by atoms with Crippen molar-refractivity contribution in [2.45, 2.75) is 33.2 Å². The van der Waals surface area contributed by atoms with Gasteiger partial charge in [-0.25, -0.2) is 0 Å². The highest BCUT2D eigenvalue weighted by molar-refractivity contribution is 5.92. The van der Waals surface area contributed by atoms with Crippen LogP contribution in [0.2, 0.25) is 0 Å². The predicted octanol–water partition coefficient (Wildman–Crippen LogP) is 4.39. The Morgan fingerprint density at radius 1 is 1.00 bits per heavy atom. The van der Waals surface area contributed by atoms with E-state index in [1.165, 1.54) is 6.07 Å². The van der Waals surface area contributed by atoms with Crippen molar-refractivity contribution in [2.75, 3.05) is 25.6 Å². The van der Waals surface area contributed by atoms with Crippen LogP contribution in [0.4, 0.5) is 5.69 Å². The van der Waals surface area contributed by atoms with Crippen molar-refractivity contribution < 1.29 is 19.0 Å². The molecule has 0 atom stereocenters. The van der Waals surface area contributed by atoms with Crippen molar-refractivity contribution in [1.82, 2.24) is 4.57 Å². The van der Waals surface area contributed by atoms with Crippen LogP contribution in [0.25, 0.3) is 0 Å². The molecule has 33 heavy (non-hydrogen) atoms. The van der Waals surface area contributed by atoms with E-state index >= 15 is 0 Å². The van der Waals surface area contributed by atoms with E-state index in [0.717, 1.165) is 22.7 Å². The van der Waals surface area contributed by atoms with Crippen LogP contribution in [-0.2, 0) is 11.3 Å². The third kappa shape index (κ3) is 6.38. The average Bonchev–Trinajstić information content (AvgIpc) is 2.81. The molecule has 0 aliphatic rings. The highest BCUT2D eigenvalue weighted by Crippen LogP contribution is 2.23. The summed E-state index contributed by atoms with van der Waals surface area (Å²) in [7, 11) is 1.61. The predicted molar refractivity (Wildman–Crippen MR) is 129 cm³/mol. The molecule has 0 aliphatic heterocycles. The molecule has 0 bridgehead atoms. The molecule has 1 amide bonds. The molecule has 0 spiro atoms. The summed E-state index contributed by atoms with van der Waals surface area (Å²) >= 11 is 0. The molecule has 1 aromatic heterocycles. The van der Waals surface area contributed by atoms with Gasteiger partial charge in [0.05, 0.1) is 19.3 Å². The Morgan fingerprint density at radius 2 is 1.70 bits per heavy atom. The second kappa shape index (κ2) is 11.2. The second-order valence-corrected chi connectivity index (χ2v) is 7.89. The van der Waals surface area contributed by atoms with E-state index in [9.17, 15) is 9.59 Å². The summed E-state index contributed by atoms with van der Waals surface area (Å²) in [6.45, 7) is 6.58. The fourth-order valence-electron chi connectivity index (χ4n) is 3.44. The number of nitrogens with zero attached hydrogens (tertiary/aromatic N) is 1. The quantitative estimate of drug-likeness (QED) is 0.496. The Morgan fingerprint density at radius 3 is 2.39 bits per heavy atom. The van der Waals surface area contributed by atoms with Crippen LogP contribution in [0.1, 0.15) is 31.0 Å². The van der Waals surface area contributed by atoms with Gasteiger partial charge in [-0.3, -0.25) is 9.59 Å². The van der Waals surface area contributed by atoms with Gasteiger partial charge in [-0.05, 0) is 48.7 Å². The third-order valence-corrected chi connectivity index (χ3v) is 5.25. The van der Waals surface area contributed by atoms with Crippen molar-refractivity contribution in [3.05, 3.63) is 82.3 Å². The molecular formula is C26H30N2O5. The first-order chi connectivity index (χ1) is 15.9. The molecule has 174 valence electrons. The van der Waals surface area contributed by atoms with Crippen molar-refractivity contribution in [3.63, 3.8) is 0 Å². The minimum atomic E-state index is -0.319. The Labute approximate surface area is 193 Å². The fraction of sp³-hybridized carbons (Fsp3) is 0.308. The molecule has 1 N–H and O–H groups in total. The molecule has 0 saturated carbocycles. The van der Waals surface area contributed by atoms with Gasteiger partial charge in [0.15, 0.2) is 12.4 Å². The fourth-order valence-corrected chi connectivity index (χ4v) is 3.44. The number of para-hydroxylation sites is 1. The first-order valence-electron chi connectivity index (χ1n) is 10.9. The van der Waals surface area contributed by atoms with E-state index in [1.807, 2.05) is 53.1 Å². The molecular weight excluding hydrogens is 420 g/mol. The van der Waals surface area contributed by atoms with Crippen LogP contribution in [-0.4, -0.2) is 30.8 Å². The van der Waals surface area contributed by atoms with E-state index in [4.69, 9.17) is 14.2 Å². The molecule has 0 fully saturated rings. The SMILES string of the molecule is COc1ccc(OCCn2ccc(=O)c(OCC(=O)Nc3ccccc3C(C)C)c2C)cc1. The average molecular weight is 451 g/mol. The summed E-state index contributed by atoms with van der Waals surface area (Å²) < 4.78 is 18.4. The highest BCUT2D eigenvalue weighted by atomic mass is 16.5. The number of aromatic nitrogens is 1. The Balaban J connectivity index is 1.60. The lowest BCUT2D eigenvalue weighted by Gasteiger charge is -2.16. The topological polar surface area (TPSA) is 78.8 Å². The van der Waals surface area contributed by atoms with Gasteiger partial charge in [0.1, 0.15) is 18.1 Å². The molecule has 1 heterocycles. The number of anilines is 1. The summed E-state index contributed by atoms with van der Waals surface area (Å²) in [6.07, 6.45) is 1.70. The molecule has 0 aliphatic carbocycles. The summed E-state index contributed by atoms with van der Waals surface area (Å²) in [5.74, 6) is 1.60. The second-order valence-electron chi connectivity index (χ2n) is 7.89. The number of rotatable bonds is 10. The van der Waals surface area contributed by atoms with Crippen LogP contribution in [0.3, 0.4) is 0 Å². The van der Waals surface area contributed by atoms with Gasteiger partial charge in [0.25, 0.3) is 5.91 Å².